The SMILES string of the molecule is O=C(NC1CCC(OC2CCC(NC(=O)C3CC[N-]CC3)CC2)CC1)C1=CC[N-]C=C1.O=C(NC1CCC(OC2CCC(NC(=O)C3CC[N-]CC3)CC2)CC1)C1CC[N-]CC1.O=[N+]([O-])O.O=[N+]([O-])O.[Co].[Co].[Co].[NH2-].[NH2-]. The summed E-state index contributed by atoms with van der Waals surface area (Å²) in [7, 11) is 0. The van der Waals surface area contributed by atoms with E-state index in [1.807, 2.05) is 6.08 Å². The molecule has 3 radical (unpaired) electrons. The Balaban J connectivity index is 0.00000121. The maximum atomic E-state index is 12.5. The Morgan fingerprint density at radius 2 is 0.720 bits per heavy atom. The van der Waals surface area contributed by atoms with Crippen LogP contribution < -0.4 is 21.3 Å². The number of nitrogens with two attached hydrogens (primary N) is 2. The van der Waals surface area contributed by atoms with E-state index < -0.39 is 10.2 Å². The average Bonchev–Trinajstić information content (AvgIpc) is 3.37. The molecule has 0 bridgehead atoms. The van der Waals surface area contributed by atoms with Gasteiger partial charge < -0.3 is 74.7 Å². The van der Waals surface area contributed by atoms with Crippen molar-refractivity contribution >= 4 is 23.6 Å². The van der Waals surface area contributed by atoms with Crippen molar-refractivity contribution in [3.63, 3.8) is 0 Å². The number of carbonyl (C=O) groups is 4. The molecule has 439 valence electrons. The van der Waals surface area contributed by atoms with Gasteiger partial charge in [0.25, 0.3) is 16.1 Å². The molecular formula is C48H82Co3N12O12-6. The van der Waals surface area contributed by atoms with Crippen molar-refractivity contribution in [2.45, 2.75) is 190 Å². The molecule has 4 saturated carbocycles. The van der Waals surface area contributed by atoms with Crippen molar-refractivity contribution < 1.29 is 99.6 Å². The van der Waals surface area contributed by atoms with Gasteiger partial charge in [0.2, 0.25) is 17.7 Å². The fourth-order valence-corrected chi connectivity index (χ4v) is 10.8. The van der Waals surface area contributed by atoms with Gasteiger partial charge in [-0.15, -0.1) is 66.0 Å². The molecule has 3 saturated heterocycles. The molecule has 4 aliphatic heterocycles. The number of hydrogen-bond donors (Lipinski definition) is 6. The predicted molar refractivity (Wildman–Crippen MR) is 270 cm³/mol. The van der Waals surface area contributed by atoms with Gasteiger partial charge in [-0.1, -0.05) is 50.7 Å². The second-order valence-electron chi connectivity index (χ2n) is 19.8. The van der Waals surface area contributed by atoms with Gasteiger partial charge in [-0.05, 0) is 103 Å². The smallest absolute Gasteiger partial charge is 0.291 e. The number of nitrogens with one attached hydrogen (secondary N) is 4. The van der Waals surface area contributed by atoms with E-state index in [0.717, 1.165) is 186 Å². The largest absolute Gasteiger partial charge is 0.693 e. The predicted octanol–water partition coefficient (Wildman–Crippen LogP) is 7.63. The van der Waals surface area contributed by atoms with Gasteiger partial charge >= 0.3 is 0 Å². The molecule has 0 spiro atoms. The quantitative estimate of drug-likeness (QED) is 0.0811. The Morgan fingerprint density at radius 1 is 0.467 bits per heavy atom. The molecule has 4 aliphatic carbocycles. The molecule has 4 amide bonds. The van der Waals surface area contributed by atoms with Crippen molar-refractivity contribution in [1.82, 2.24) is 21.3 Å². The zero-order valence-electron chi connectivity index (χ0n) is 42.9. The Labute approximate surface area is 473 Å². The molecule has 8 aliphatic rings. The molecule has 0 unspecified atom stereocenters. The molecule has 27 heteroatoms. The van der Waals surface area contributed by atoms with Gasteiger partial charge in [0, 0.05) is 97.8 Å². The summed E-state index contributed by atoms with van der Waals surface area (Å²) in [5.41, 5.74) is 0.718. The summed E-state index contributed by atoms with van der Waals surface area (Å²) < 4.78 is 12.8. The summed E-state index contributed by atoms with van der Waals surface area (Å²) in [5, 5.41) is 57.4. The number of hydrogen-bond acceptors (Lipinski definition) is 10. The van der Waals surface area contributed by atoms with Crippen molar-refractivity contribution in [1.29, 1.82) is 0 Å². The van der Waals surface area contributed by atoms with E-state index in [9.17, 15) is 19.2 Å². The van der Waals surface area contributed by atoms with Crippen LogP contribution >= 0.6 is 0 Å². The van der Waals surface area contributed by atoms with Crippen LogP contribution in [-0.2, 0) is 79.0 Å². The molecule has 7 fully saturated rings. The minimum absolute atomic E-state index is 0. The van der Waals surface area contributed by atoms with E-state index in [1.165, 1.54) is 0 Å². The van der Waals surface area contributed by atoms with Crippen molar-refractivity contribution in [3.8, 4) is 0 Å². The van der Waals surface area contributed by atoms with Crippen molar-refractivity contribution in [3.05, 3.63) is 77.7 Å². The summed E-state index contributed by atoms with van der Waals surface area (Å²) in [6.07, 6.45) is 28.2. The van der Waals surface area contributed by atoms with Gasteiger partial charge in [0.1, 0.15) is 0 Å². The first kappa shape index (κ1) is 71.8. The van der Waals surface area contributed by atoms with Crippen LogP contribution in [0, 0.1) is 38.0 Å². The third-order valence-electron chi connectivity index (χ3n) is 14.8. The zero-order valence-corrected chi connectivity index (χ0v) is 46.0. The topological polar surface area (TPSA) is 385 Å². The first-order valence-electron chi connectivity index (χ1n) is 25.9. The van der Waals surface area contributed by atoms with E-state index in [4.69, 9.17) is 40.1 Å². The van der Waals surface area contributed by atoms with Crippen LogP contribution in [0.2, 0.25) is 0 Å². The molecule has 8 rings (SSSR count). The molecule has 4 heterocycles. The number of nitrogens with zero attached hydrogens (tertiary/aromatic N) is 6. The van der Waals surface area contributed by atoms with Crippen LogP contribution in [0.25, 0.3) is 33.6 Å². The van der Waals surface area contributed by atoms with Gasteiger partial charge in [0.05, 0.1) is 24.4 Å². The van der Waals surface area contributed by atoms with Crippen LogP contribution in [0.15, 0.2) is 23.9 Å². The van der Waals surface area contributed by atoms with Gasteiger partial charge in [0.15, 0.2) is 0 Å². The van der Waals surface area contributed by atoms with E-state index >= 15 is 0 Å². The number of amides is 4. The van der Waals surface area contributed by atoms with Crippen LogP contribution in [0.3, 0.4) is 0 Å². The fraction of sp³-hybridized carbons (Fsp3) is 0.833. The zero-order chi connectivity index (χ0) is 50.1. The van der Waals surface area contributed by atoms with Crippen LogP contribution in [0.4, 0.5) is 0 Å². The fourth-order valence-electron chi connectivity index (χ4n) is 10.8. The van der Waals surface area contributed by atoms with Gasteiger partial charge in [-0.2, -0.15) is 6.20 Å². The number of rotatable bonds is 12. The average molecular weight is 1200 g/mol. The van der Waals surface area contributed by atoms with Gasteiger partial charge in [-0.25, -0.2) is 0 Å². The Bertz CT molecular complexity index is 1630. The first-order valence-corrected chi connectivity index (χ1v) is 25.9. The second-order valence-corrected chi connectivity index (χ2v) is 19.8. The molecular weight excluding hydrogens is 1110 g/mol. The first-order chi connectivity index (χ1) is 33.8. The minimum Gasteiger partial charge on any atom is -0.693 e. The Kier molecular flexibility index (Phi) is 38.3. The Hall–Kier alpha value is -3.20. The van der Waals surface area contributed by atoms with E-state index in [-0.39, 0.29) is 110 Å². The van der Waals surface area contributed by atoms with Crippen LogP contribution in [-0.4, -0.2) is 139 Å². The second kappa shape index (κ2) is 40.1. The molecule has 24 nitrogen and oxygen atoms in total. The van der Waals surface area contributed by atoms with E-state index in [2.05, 4.69) is 42.5 Å². The normalized spacial score (nSPS) is 27.7. The summed E-state index contributed by atoms with van der Waals surface area (Å²) in [5.74, 6) is 1.20. The third-order valence-corrected chi connectivity index (χ3v) is 14.8. The maximum Gasteiger partial charge on any atom is 0.291 e. The number of piperidine rings is 3. The van der Waals surface area contributed by atoms with Crippen LogP contribution in [0.5, 0.6) is 0 Å². The molecule has 0 aromatic carbocycles. The minimum atomic E-state index is -1.50. The van der Waals surface area contributed by atoms with E-state index in [1.54, 1.807) is 12.3 Å². The molecule has 0 aromatic heterocycles. The van der Waals surface area contributed by atoms with Crippen molar-refractivity contribution in [2.24, 2.45) is 17.8 Å². The summed E-state index contributed by atoms with van der Waals surface area (Å²) >= 11 is 0. The van der Waals surface area contributed by atoms with Gasteiger partial charge in [-0.3, -0.25) is 19.2 Å². The summed E-state index contributed by atoms with van der Waals surface area (Å²) in [6, 6.07) is 1.15. The maximum absolute atomic E-state index is 12.5. The van der Waals surface area contributed by atoms with E-state index in [0.29, 0.717) is 49.1 Å². The molecule has 75 heavy (non-hydrogen) atoms. The van der Waals surface area contributed by atoms with Crippen LogP contribution in [0.1, 0.15) is 141 Å². The number of ether oxygens (including phenoxy) is 2. The summed E-state index contributed by atoms with van der Waals surface area (Å²) in [4.78, 5) is 66.4. The van der Waals surface area contributed by atoms with Crippen molar-refractivity contribution in [2.75, 3.05) is 45.8 Å². The third kappa shape index (κ3) is 28.3. The Morgan fingerprint density at radius 3 is 0.960 bits per heavy atom. The molecule has 0 atom stereocenters. The monoisotopic (exact) mass is 1200 g/mol. The summed E-state index contributed by atoms with van der Waals surface area (Å²) in [6.45, 7) is 5.58. The number of carbonyl (C=O) groups excluding carboxylic acids is 4. The molecule has 0 aromatic rings. The standard InChI is InChI=1S/C24H40N4O3.C24H36N4O3.3Co.2HNO3.2H2N/c2*29-23(17-9-13-25-14-10-17)27-19-1-5-21(6-2-19)31-22-7-3-20(4-8-22)28-24(30)18-11-15-26-16-12-18;;;;2*2-1(3)4;;/h17-22H,1-16H2,(H,27,29)(H,28,30);9-10,13,18-22H,1-8,11-12,14-16H2,(H,27,29)(H,28,30);;;;2*(H,2,3,4);2*1H2/q2*-2;;;;;;2*-1. The molecule has 10 N–H and O–H groups in total.